The van der Waals surface area contributed by atoms with E-state index in [4.69, 9.17) is 14.2 Å². The molecule has 0 fully saturated rings. The van der Waals surface area contributed by atoms with Crippen molar-refractivity contribution in [1.82, 2.24) is 9.97 Å². The second-order valence-electron chi connectivity index (χ2n) is 3.86. The SMILES string of the molecule is COc1cc(-c2cc(C=O)ncn2)cc(OC)c1OC. The quantitative estimate of drug-likeness (QED) is 0.776. The van der Waals surface area contributed by atoms with Gasteiger partial charge in [0.2, 0.25) is 5.75 Å². The van der Waals surface area contributed by atoms with Gasteiger partial charge in [0.05, 0.1) is 27.0 Å². The van der Waals surface area contributed by atoms with Crippen molar-refractivity contribution in [2.45, 2.75) is 0 Å². The van der Waals surface area contributed by atoms with E-state index in [-0.39, 0.29) is 0 Å². The molecular weight excluding hydrogens is 260 g/mol. The topological polar surface area (TPSA) is 70.5 Å². The zero-order valence-electron chi connectivity index (χ0n) is 11.4. The van der Waals surface area contributed by atoms with E-state index in [1.54, 1.807) is 18.2 Å². The molecule has 0 radical (unpaired) electrons. The molecule has 0 spiro atoms. The molecule has 0 atom stereocenters. The first kappa shape index (κ1) is 13.8. The molecule has 2 aromatic rings. The van der Waals surface area contributed by atoms with Crippen LogP contribution in [0.15, 0.2) is 24.5 Å². The Morgan fingerprint density at radius 2 is 1.60 bits per heavy atom. The maximum absolute atomic E-state index is 10.8. The van der Waals surface area contributed by atoms with Crippen LogP contribution in [0.25, 0.3) is 11.3 Å². The van der Waals surface area contributed by atoms with Gasteiger partial charge in [0, 0.05) is 5.56 Å². The molecular formula is C14H14N2O4. The maximum atomic E-state index is 10.8. The number of carbonyl (C=O) groups is 1. The lowest BCUT2D eigenvalue weighted by Gasteiger charge is -2.13. The number of hydrogen-bond acceptors (Lipinski definition) is 6. The Hall–Kier alpha value is -2.63. The molecule has 2 rings (SSSR count). The maximum Gasteiger partial charge on any atom is 0.203 e. The summed E-state index contributed by atoms with van der Waals surface area (Å²) in [7, 11) is 4.62. The minimum atomic E-state index is 0.309. The number of rotatable bonds is 5. The van der Waals surface area contributed by atoms with E-state index >= 15 is 0 Å². The molecule has 0 amide bonds. The molecule has 0 aliphatic carbocycles. The largest absolute Gasteiger partial charge is 0.493 e. The third kappa shape index (κ3) is 2.54. The summed E-state index contributed by atoms with van der Waals surface area (Å²) >= 11 is 0. The van der Waals surface area contributed by atoms with Crippen LogP contribution >= 0.6 is 0 Å². The molecule has 0 N–H and O–H groups in total. The molecule has 104 valence electrons. The van der Waals surface area contributed by atoms with Gasteiger partial charge in [-0.1, -0.05) is 0 Å². The molecule has 0 unspecified atom stereocenters. The standard InChI is InChI=1S/C14H14N2O4/c1-18-12-4-9(5-13(19-2)14(12)20-3)11-6-10(7-17)15-8-16-11/h4-8H,1-3H3. The minimum Gasteiger partial charge on any atom is -0.493 e. The van der Waals surface area contributed by atoms with Crippen LogP contribution < -0.4 is 14.2 Å². The van der Waals surface area contributed by atoms with Gasteiger partial charge in [-0.3, -0.25) is 4.79 Å². The van der Waals surface area contributed by atoms with E-state index in [9.17, 15) is 4.79 Å². The van der Waals surface area contributed by atoms with Crippen LogP contribution in [0.1, 0.15) is 10.5 Å². The number of nitrogens with zero attached hydrogens (tertiary/aromatic N) is 2. The summed E-state index contributed by atoms with van der Waals surface area (Å²) in [4.78, 5) is 18.8. The molecule has 6 heteroatoms. The Morgan fingerprint density at radius 1 is 0.950 bits per heavy atom. The van der Waals surface area contributed by atoms with Gasteiger partial charge >= 0.3 is 0 Å². The van der Waals surface area contributed by atoms with Crippen LogP contribution in [0.5, 0.6) is 17.2 Å². The van der Waals surface area contributed by atoms with Crippen LogP contribution in [0.3, 0.4) is 0 Å². The Balaban J connectivity index is 2.59. The van der Waals surface area contributed by atoms with Crippen LogP contribution in [0.2, 0.25) is 0 Å². The average molecular weight is 274 g/mol. The zero-order chi connectivity index (χ0) is 14.5. The Morgan fingerprint density at radius 3 is 2.10 bits per heavy atom. The highest BCUT2D eigenvalue weighted by Gasteiger charge is 2.14. The molecule has 1 aromatic heterocycles. The predicted octanol–water partition coefficient (Wildman–Crippen LogP) is 1.98. The number of ether oxygens (including phenoxy) is 3. The van der Waals surface area contributed by atoms with Gasteiger partial charge in [0.15, 0.2) is 17.8 Å². The van der Waals surface area contributed by atoms with E-state index in [0.29, 0.717) is 34.9 Å². The van der Waals surface area contributed by atoms with E-state index in [2.05, 4.69) is 9.97 Å². The van der Waals surface area contributed by atoms with Crippen molar-refractivity contribution in [2.75, 3.05) is 21.3 Å². The fourth-order valence-corrected chi connectivity index (χ4v) is 1.82. The first-order valence-corrected chi connectivity index (χ1v) is 5.81. The van der Waals surface area contributed by atoms with Crippen molar-refractivity contribution >= 4 is 6.29 Å². The molecule has 0 aliphatic heterocycles. The number of carbonyl (C=O) groups excluding carboxylic acids is 1. The zero-order valence-corrected chi connectivity index (χ0v) is 11.4. The highest BCUT2D eigenvalue weighted by Crippen LogP contribution is 2.40. The van der Waals surface area contributed by atoms with Crippen LogP contribution in [0, 0.1) is 0 Å². The number of hydrogen-bond donors (Lipinski definition) is 0. The summed E-state index contributed by atoms with van der Waals surface area (Å²) in [6.07, 6.45) is 2.01. The Labute approximate surface area is 116 Å². The van der Waals surface area contributed by atoms with Gasteiger partial charge in [-0.05, 0) is 18.2 Å². The first-order valence-electron chi connectivity index (χ1n) is 5.81. The van der Waals surface area contributed by atoms with Gasteiger partial charge in [-0.2, -0.15) is 0 Å². The van der Waals surface area contributed by atoms with Crippen molar-refractivity contribution in [3.8, 4) is 28.5 Å². The second kappa shape index (κ2) is 6.01. The molecule has 0 saturated heterocycles. The van der Waals surface area contributed by atoms with E-state index < -0.39 is 0 Å². The van der Waals surface area contributed by atoms with Crippen molar-refractivity contribution < 1.29 is 19.0 Å². The fourth-order valence-electron chi connectivity index (χ4n) is 1.82. The summed E-state index contributed by atoms with van der Waals surface area (Å²) in [5.41, 5.74) is 1.65. The van der Waals surface area contributed by atoms with Crippen LogP contribution in [-0.4, -0.2) is 37.6 Å². The number of aldehydes is 1. The Kier molecular flexibility index (Phi) is 4.14. The minimum absolute atomic E-state index is 0.309. The number of aromatic nitrogens is 2. The predicted molar refractivity (Wildman–Crippen MR) is 72.5 cm³/mol. The van der Waals surface area contributed by atoms with Crippen molar-refractivity contribution in [1.29, 1.82) is 0 Å². The first-order chi connectivity index (χ1) is 9.73. The smallest absolute Gasteiger partial charge is 0.203 e. The summed E-state index contributed by atoms with van der Waals surface area (Å²) in [6, 6.07) is 5.12. The highest BCUT2D eigenvalue weighted by molar-refractivity contribution is 5.76. The van der Waals surface area contributed by atoms with Crippen LogP contribution in [0.4, 0.5) is 0 Å². The fraction of sp³-hybridized carbons (Fsp3) is 0.214. The molecule has 1 aromatic carbocycles. The summed E-state index contributed by atoms with van der Waals surface area (Å²) in [6.45, 7) is 0. The molecule has 0 aliphatic rings. The van der Waals surface area contributed by atoms with E-state index in [0.717, 1.165) is 5.56 Å². The summed E-state index contributed by atoms with van der Waals surface area (Å²) in [5.74, 6) is 1.55. The summed E-state index contributed by atoms with van der Waals surface area (Å²) < 4.78 is 15.8. The average Bonchev–Trinajstić information content (AvgIpc) is 2.53. The lowest BCUT2D eigenvalue weighted by molar-refractivity contribution is 0.111. The van der Waals surface area contributed by atoms with Gasteiger partial charge in [0.25, 0.3) is 0 Å². The third-order valence-electron chi connectivity index (χ3n) is 2.77. The molecule has 20 heavy (non-hydrogen) atoms. The monoisotopic (exact) mass is 274 g/mol. The molecule has 0 saturated carbocycles. The lowest BCUT2D eigenvalue weighted by atomic mass is 10.1. The normalized spacial score (nSPS) is 9.95. The highest BCUT2D eigenvalue weighted by atomic mass is 16.5. The summed E-state index contributed by atoms with van der Waals surface area (Å²) in [5, 5.41) is 0. The van der Waals surface area contributed by atoms with Crippen molar-refractivity contribution in [3.05, 3.63) is 30.2 Å². The van der Waals surface area contributed by atoms with E-state index in [1.165, 1.54) is 27.7 Å². The number of methoxy groups -OCH3 is 3. The second-order valence-corrected chi connectivity index (χ2v) is 3.86. The number of benzene rings is 1. The molecule has 0 bridgehead atoms. The van der Waals surface area contributed by atoms with Gasteiger partial charge in [-0.25, -0.2) is 9.97 Å². The van der Waals surface area contributed by atoms with Gasteiger partial charge < -0.3 is 14.2 Å². The van der Waals surface area contributed by atoms with Gasteiger partial charge in [0.1, 0.15) is 12.0 Å². The van der Waals surface area contributed by atoms with Crippen molar-refractivity contribution in [2.24, 2.45) is 0 Å². The molecule has 1 heterocycles. The third-order valence-corrected chi connectivity index (χ3v) is 2.77. The Bertz CT molecular complexity index is 603. The van der Waals surface area contributed by atoms with Crippen LogP contribution in [-0.2, 0) is 0 Å². The van der Waals surface area contributed by atoms with Gasteiger partial charge in [-0.15, -0.1) is 0 Å². The lowest BCUT2D eigenvalue weighted by Crippen LogP contribution is -1.97. The molecule has 6 nitrogen and oxygen atoms in total. The van der Waals surface area contributed by atoms with Crippen molar-refractivity contribution in [3.63, 3.8) is 0 Å². The van der Waals surface area contributed by atoms with E-state index in [1.807, 2.05) is 0 Å².